The third-order valence-electron chi connectivity index (χ3n) is 10.3. The maximum Gasteiger partial charge on any atom is 0.320 e. The van der Waals surface area contributed by atoms with Gasteiger partial charge in [0, 0.05) is 24.1 Å². The summed E-state index contributed by atoms with van der Waals surface area (Å²) in [6.07, 6.45) is -0.535. The second-order valence-corrected chi connectivity index (χ2v) is 15.3. The Labute approximate surface area is 354 Å². The van der Waals surface area contributed by atoms with E-state index in [1.807, 2.05) is 78.9 Å². The second kappa shape index (κ2) is 17.9. The largest absolute Gasteiger partial charge is 0.746 e. The third kappa shape index (κ3) is 8.74. The molecule has 0 aliphatic carbocycles. The second-order valence-electron chi connectivity index (χ2n) is 14.0. The summed E-state index contributed by atoms with van der Waals surface area (Å²) in [6.45, 7) is -0.231. The smallest absolute Gasteiger partial charge is 0.320 e. The SMILES string of the molecule is COc1ccc(C(OC[C@H]2O[C@@H](n3cnc4c(NC(=O)c5ccccc5)ncnc43)C[C@@H]2OP(=O)([O-])Oc2ccc([N+](=O)[O-])cc2)(c2ccccc2)c2ccc(OC)cc2)cc1. The van der Waals surface area contributed by atoms with Gasteiger partial charge in [-0.25, -0.2) is 15.0 Å². The Hall–Kier alpha value is -7.01. The monoisotopic (exact) mass is 857 g/mol. The molecule has 62 heavy (non-hydrogen) atoms. The number of nitrogens with one attached hydrogen (secondary N) is 1. The number of fused-ring (bicyclic) bond motifs is 1. The van der Waals surface area contributed by atoms with Crippen LogP contribution in [0.15, 0.2) is 146 Å². The quantitative estimate of drug-likeness (QED) is 0.0440. The van der Waals surface area contributed by atoms with Crippen molar-refractivity contribution in [2.75, 3.05) is 26.1 Å². The Morgan fingerprint density at radius 3 is 2.00 bits per heavy atom. The lowest BCUT2D eigenvalue weighted by atomic mass is 9.80. The molecule has 1 aliphatic rings. The fraction of sp³-hybridized carbons (Fsp3) is 0.182. The van der Waals surface area contributed by atoms with Crippen LogP contribution in [-0.2, 0) is 24.2 Å². The highest BCUT2D eigenvalue weighted by Gasteiger charge is 2.44. The summed E-state index contributed by atoms with van der Waals surface area (Å²) < 4.78 is 51.0. The van der Waals surface area contributed by atoms with Crippen LogP contribution in [0, 0.1) is 10.1 Å². The highest BCUT2D eigenvalue weighted by molar-refractivity contribution is 7.46. The Balaban J connectivity index is 1.15. The summed E-state index contributed by atoms with van der Waals surface area (Å²) in [5.41, 5.74) is 1.60. The van der Waals surface area contributed by atoms with Crippen molar-refractivity contribution >= 4 is 36.4 Å². The van der Waals surface area contributed by atoms with E-state index in [1.54, 1.807) is 49.1 Å². The van der Waals surface area contributed by atoms with Gasteiger partial charge in [-0.05, 0) is 65.2 Å². The maximum absolute atomic E-state index is 13.6. The van der Waals surface area contributed by atoms with Gasteiger partial charge < -0.3 is 38.2 Å². The molecule has 18 heteroatoms. The lowest BCUT2D eigenvalue weighted by Gasteiger charge is -2.37. The van der Waals surface area contributed by atoms with Gasteiger partial charge in [0.2, 0.25) is 0 Å². The number of phosphoric acid groups is 1. The van der Waals surface area contributed by atoms with E-state index in [-0.39, 0.29) is 41.4 Å². The molecule has 3 heterocycles. The number of nitro groups is 1. The fourth-order valence-corrected chi connectivity index (χ4v) is 8.26. The van der Waals surface area contributed by atoms with Crippen molar-refractivity contribution in [1.82, 2.24) is 19.5 Å². The number of anilines is 1. The molecule has 1 aliphatic heterocycles. The highest BCUT2D eigenvalue weighted by Crippen LogP contribution is 2.48. The van der Waals surface area contributed by atoms with Gasteiger partial charge in [-0.3, -0.25) is 24.0 Å². The molecular weight excluding hydrogens is 819 g/mol. The first-order valence-corrected chi connectivity index (χ1v) is 20.6. The van der Waals surface area contributed by atoms with Crippen molar-refractivity contribution in [3.8, 4) is 17.2 Å². The number of carbonyl (C=O) groups is 1. The van der Waals surface area contributed by atoms with Crippen LogP contribution in [-0.4, -0.2) is 63.4 Å². The molecule has 316 valence electrons. The van der Waals surface area contributed by atoms with Crippen molar-refractivity contribution in [3.05, 3.63) is 178 Å². The first-order valence-electron chi connectivity index (χ1n) is 19.2. The minimum Gasteiger partial charge on any atom is -0.746 e. The number of rotatable bonds is 16. The zero-order chi connectivity index (χ0) is 43.3. The molecule has 4 atom stereocenters. The Bertz CT molecular complexity index is 2660. The number of methoxy groups -OCH3 is 2. The summed E-state index contributed by atoms with van der Waals surface area (Å²) >= 11 is 0. The van der Waals surface area contributed by atoms with Crippen molar-refractivity contribution in [2.45, 2.75) is 30.5 Å². The Kier molecular flexibility index (Phi) is 12.1. The van der Waals surface area contributed by atoms with Gasteiger partial charge >= 0.3 is 7.82 Å². The molecule has 1 unspecified atom stereocenters. The standard InChI is InChI=1S/C44H39N6O11P/c1-56-34-19-13-31(14-20-34)44(30-11-7-4-8-12-30,32-15-21-35(57-2)22-16-32)58-26-38-37(61-62(54,55)60-36-23-17-33(18-24-36)50(52)53)25-39(59-38)49-28-47-40-41(45-27-46-42(40)49)48-43(51)29-9-5-3-6-10-29/h3-24,27-28,37-39H,25-26H2,1-2H3,(H,54,55)(H,45,46,48,51)/p-1/t37-,38+,39+/m0/s1. The number of ether oxygens (including phenoxy) is 4. The van der Waals surface area contributed by atoms with Crippen molar-refractivity contribution in [1.29, 1.82) is 0 Å². The van der Waals surface area contributed by atoms with Gasteiger partial charge in [0.1, 0.15) is 41.5 Å². The molecule has 1 N–H and O–H groups in total. The number of non-ortho nitro benzene ring substituents is 1. The molecule has 2 aromatic heterocycles. The van der Waals surface area contributed by atoms with E-state index < -0.39 is 42.7 Å². The summed E-state index contributed by atoms with van der Waals surface area (Å²) in [5.74, 6) is 0.804. The topological polar surface area (TPSA) is 211 Å². The third-order valence-corrected chi connectivity index (χ3v) is 11.2. The summed E-state index contributed by atoms with van der Waals surface area (Å²) in [6, 6.07) is 37.5. The molecule has 5 aromatic carbocycles. The van der Waals surface area contributed by atoms with Crippen LogP contribution >= 0.6 is 7.82 Å². The van der Waals surface area contributed by atoms with Crippen LogP contribution in [0.4, 0.5) is 11.5 Å². The van der Waals surface area contributed by atoms with E-state index in [2.05, 4.69) is 20.3 Å². The first-order chi connectivity index (χ1) is 30.1. The van der Waals surface area contributed by atoms with E-state index in [9.17, 15) is 24.4 Å². The number of benzene rings is 5. The number of nitrogens with zero attached hydrogens (tertiary/aromatic N) is 5. The molecule has 0 bridgehead atoms. The van der Waals surface area contributed by atoms with Crippen molar-refractivity contribution in [2.24, 2.45) is 0 Å². The summed E-state index contributed by atoms with van der Waals surface area (Å²) in [5, 5.41) is 14.0. The fourth-order valence-electron chi connectivity index (χ4n) is 7.28. The number of imidazole rings is 1. The number of hydrogen-bond donors (Lipinski definition) is 1. The molecule has 1 saturated heterocycles. The van der Waals surface area contributed by atoms with E-state index in [4.69, 9.17) is 28.0 Å². The van der Waals surface area contributed by atoms with Gasteiger partial charge in [-0.15, -0.1) is 0 Å². The predicted octanol–water partition coefficient (Wildman–Crippen LogP) is 7.23. The van der Waals surface area contributed by atoms with Crippen LogP contribution in [0.2, 0.25) is 0 Å². The molecule has 7 aromatic rings. The Morgan fingerprint density at radius 1 is 0.823 bits per heavy atom. The summed E-state index contributed by atoms with van der Waals surface area (Å²) in [4.78, 5) is 50.5. The predicted molar refractivity (Wildman–Crippen MR) is 223 cm³/mol. The van der Waals surface area contributed by atoms with Crippen LogP contribution in [0.3, 0.4) is 0 Å². The molecule has 1 amide bonds. The number of hydrogen-bond acceptors (Lipinski definition) is 14. The van der Waals surface area contributed by atoms with Crippen LogP contribution in [0.25, 0.3) is 11.2 Å². The first kappa shape index (κ1) is 41.7. The molecule has 8 rings (SSSR count). The van der Waals surface area contributed by atoms with Gasteiger partial charge in [0.15, 0.2) is 17.0 Å². The molecular formula is C44H38N6O11P-. The molecule has 0 spiro atoms. The van der Waals surface area contributed by atoms with E-state index >= 15 is 0 Å². The van der Waals surface area contributed by atoms with Crippen LogP contribution in [0.1, 0.15) is 39.7 Å². The lowest BCUT2D eigenvalue weighted by molar-refractivity contribution is -0.384. The molecule has 1 fully saturated rings. The normalized spacial score (nSPS) is 17.2. The van der Waals surface area contributed by atoms with Crippen molar-refractivity contribution < 1.29 is 47.2 Å². The lowest BCUT2D eigenvalue weighted by Crippen LogP contribution is -2.38. The highest BCUT2D eigenvalue weighted by atomic mass is 31.2. The zero-order valence-corrected chi connectivity index (χ0v) is 34.1. The van der Waals surface area contributed by atoms with Crippen LogP contribution < -0.4 is 24.2 Å². The average Bonchev–Trinajstić information content (AvgIpc) is 3.91. The van der Waals surface area contributed by atoms with Crippen molar-refractivity contribution in [3.63, 3.8) is 0 Å². The minimum atomic E-state index is -5.18. The van der Waals surface area contributed by atoms with E-state index in [0.717, 1.165) is 41.0 Å². The van der Waals surface area contributed by atoms with E-state index in [1.165, 1.54) is 12.7 Å². The zero-order valence-electron chi connectivity index (χ0n) is 33.2. The number of nitro benzene ring substituents is 1. The van der Waals surface area contributed by atoms with E-state index in [0.29, 0.717) is 17.1 Å². The minimum absolute atomic E-state index is 0.0611. The van der Waals surface area contributed by atoms with Gasteiger partial charge in [-0.2, -0.15) is 0 Å². The van der Waals surface area contributed by atoms with Crippen LogP contribution in [0.5, 0.6) is 17.2 Å². The average molecular weight is 858 g/mol. The number of aromatic nitrogens is 4. The number of phosphoric ester groups is 1. The molecule has 0 radical (unpaired) electrons. The van der Waals surface area contributed by atoms with Gasteiger partial charge in [0.05, 0.1) is 38.2 Å². The molecule has 17 nitrogen and oxygen atoms in total. The van der Waals surface area contributed by atoms with Gasteiger partial charge in [0.25, 0.3) is 11.6 Å². The van der Waals surface area contributed by atoms with Gasteiger partial charge in [-0.1, -0.05) is 72.8 Å². The molecule has 0 saturated carbocycles. The summed E-state index contributed by atoms with van der Waals surface area (Å²) in [7, 11) is -2.03. The maximum atomic E-state index is 13.6. The number of carbonyl (C=O) groups excluding carboxylic acids is 1. The number of amides is 1. The Morgan fingerprint density at radius 2 is 1.40 bits per heavy atom.